The molecular formula is C17H26N4O3. The van der Waals surface area contributed by atoms with Crippen molar-refractivity contribution in [2.45, 2.75) is 38.1 Å². The average molecular weight is 334 g/mol. The first-order valence-corrected chi connectivity index (χ1v) is 8.44. The number of rotatable bonds is 8. The van der Waals surface area contributed by atoms with E-state index in [1.807, 2.05) is 12.4 Å². The van der Waals surface area contributed by atoms with Crippen LogP contribution in [0.5, 0.6) is 0 Å². The largest absolute Gasteiger partial charge is 0.465 e. The van der Waals surface area contributed by atoms with Crippen LogP contribution >= 0.6 is 0 Å². The van der Waals surface area contributed by atoms with Gasteiger partial charge in [-0.3, -0.25) is 14.7 Å². The fraction of sp³-hybridized carbons (Fsp3) is 0.588. The van der Waals surface area contributed by atoms with Crippen LogP contribution in [0.25, 0.3) is 0 Å². The van der Waals surface area contributed by atoms with Crippen molar-refractivity contribution in [3.8, 4) is 0 Å². The summed E-state index contributed by atoms with van der Waals surface area (Å²) in [5.41, 5.74) is 2.46. The number of carboxylic acid groups (broad SMARTS) is 1. The Labute approximate surface area is 142 Å². The van der Waals surface area contributed by atoms with Gasteiger partial charge in [0.2, 0.25) is 5.91 Å². The van der Waals surface area contributed by atoms with Gasteiger partial charge < -0.3 is 15.7 Å². The number of likely N-dealkylation sites (tertiary alicyclic amines) is 1. The quantitative estimate of drug-likeness (QED) is 0.627. The molecule has 0 saturated carbocycles. The number of hydrogen-bond donors (Lipinski definition) is 3. The first-order chi connectivity index (χ1) is 11.6. The molecule has 7 nitrogen and oxygen atoms in total. The molecule has 24 heavy (non-hydrogen) atoms. The van der Waals surface area contributed by atoms with E-state index < -0.39 is 6.09 Å². The predicted octanol–water partition coefficient (Wildman–Crippen LogP) is 1.55. The summed E-state index contributed by atoms with van der Waals surface area (Å²) in [6, 6.07) is 2.69. The van der Waals surface area contributed by atoms with Crippen molar-refractivity contribution in [2.24, 2.45) is 0 Å². The van der Waals surface area contributed by atoms with Gasteiger partial charge in [0.05, 0.1) is 0 Å². The number of nitrogens with zero attached hydrogens (tertiary/aromatic N) is 2. The molecule has 2 rings (SSSR count). The number of aryl methyl sites for hydroxylation is 1. The number of hydrogen-bond acceptors (Lipinski definition) is 4. The molecule has 0 bridgehead atoms. The molecule has 7 heteroatoms. The van der Waals surface area contributed by atoms with Gasteiger partial charge >= 0.3 is 6.09 Å². The third kappa shape index (κ3) is 5.81. The van der Waals surface area contributed by atoms with E-state index >= 15 is 0 Å². The fourth-order valence-corrected chi connectivity index (χ4v) is 3.05. The van der Waals surface area contributed by atoms with E-state index in [0.717, 1.165) is 19.4 Å². The SMILES string of the molecule is CN1CCC[C@H]1c1cncc(CCCNC(=O)CCNC(=O)O)c1. The lowest BCUT2D eigenvalue weighted by Gasteiger charge is -2.19. The number of nitrogens with one attached hydrogen (secondary N) is 2. The Kier molecular flexibility index (Phi) is 6.99. The molecule has 0 aliphatic carbocycles. The monoisotopic (exact) mass is 334 g/mol. The van der Waals surface area contributed by atoms with E-state index in [4.69, 9.17) is 5.11 Å². The number of amides is 2. The van der Waals surface area contributed by atoms with Crippen LogP contribution in [0.15, 0.2) is 18.5 Å². The standard InChI is InChI=1S/C17H26N4O3/c1-21-9-3-5-15(21)14-10-13(11-18-12-14)4-2-7-19-16(22)6-8-20-17(23)24/h10-12,15,20H,2-9H2,1H3,(H,19,22)(H,23,24)/t15-/m0/s1. The van der Waals surface area contributed by atoms with Crippen LogP contribution in [-0.2, 0) is 11.2 Å². The Morgan fingerprint density at radius 1 is 1.33 bits per heavy atom. The Morgan fingerprint density at radius 3 is 2.88 bits per heavy atom. The number of carbonyl (C=O) groups excluding carboxylic acids is 1. The summed E-state index contributed by atoms with van der Waals surface area (Å²) >= 11 is 0. The van der Waals surface area contributed by atoms with Crippen LogP contribution in [0.1, 0.15) is 42.9 Å². The van der Waals surface area contributed by atoms with Gasteiger partial charge in [0, 0.05) is 37.9 Å². The molecule has 1 fully saturated rings. The molecule has 132 valence electrons. The lowest BCUT2D eigenvalue weighted by Crippen LogP contribution is -2.30. The number of aromatic nitrogens is 1. The molecule has 2 amide bonds. The smallest absolute Gasteiger partial charge is 0.404 e. The summed E-state index contributed by atoms with van der Waals surface area (Å²) in [6.07, 6.45) is 7.01. The highest BCUT2D eigenvalue weighted by Crippen LogP contribution is 2.30. The summed E-state index contributed by atoms with van der Waals surface area (Å²) in [5.74, 6) is -0.136. The van der Waals surface area contributed by atoms with E-state index in [1.54, 1.807) is 0 Å². The zero-order valence-electron chi connectivity index (χ0n) is 14.1. The summed E-state index contributed by atoms with van der Waals surface area (Å²) < 4.78 is 0. The third-order valence-electron chi connectivity index (χ3n) is 4.31. The second-order valence-electron chi connectivity index (χ2n) is 6.20. The maximum absolute atomic E-state index is 11.5. The summed E-state index contributed by atoms with van der Waals surface area (Å²) in [4.78, 5) is 28.6. The van der Waals surface area contributed by atoms with E-state index in [2.05, 4.69) is 33.6 Å². The van der Waals surface area contributed by atoms with Gasteiger partial charge in [-0.25, -0.2) is 4.79 Å². The van der Waals surface area contributed by atoms with Gasteiger partial charge in [0.25, 0.3) is 0 Å². The summed E-state index contributed by atoms with van der Waals surface area (Å²) in [6.45, 7) is 1.86. The summed E-state index contributed by atoms with van der Waals surface area (Å²) in [7, 11) is 2.15. The van der Waals surface area contributed by atoms with E-state index in [9.17, 15) is 9.59 Å². The van der Waals surface area contributed by atoms with Crippen molar-refractivity contribution in [3.63, 3.8) is 0 Å². The molecule has 1 aromatic heterocycles. The Balaban J connectivity index is 1.69. The number of carbonyl (C=O) groups is 2. The Bertz CT molecular complexity index is 565. The highest BCUT2D eigenvalue weighted by atomic mass is 16.4. The fourth-order valence-electron chi connectivity index (χ4n) is 3.05. The molecule has 0 spiro atoms. The molecule has 1 atom stereocenters. The molecule has 1 aromatic rings. The average Bonchev–Trinajstić information content (AvgIpc) is 2.98. The first kappa shape index (κ1) is 18.2. The highest BCUT2D eigenvalue weighted by molar-refractivity contribution is 5.76. The zero-order chi connectivity index (χ0) is 17.4. The Hall–Kier alpha value is -2.15. The van der Waals surface area contributed by atoms with Crippen LogP contribution in [0.4, 0.5) is 4.79 Å². The Morgan fingerprint density at radius 2 is 2.17 bits per heavy atom. The zero-order valence-corrected chi connectivity index (χ0v) is 14.1. The minimum Gasteiger partial charge on any atom is -0.465 e. The molecule has 0 unspecified atom stereocenters. The topological polar surface area (TPSA) is 94.6 Å². The van der Waals surface area contributed by atoms with Crippen molar-refractivity contribution in [2.75, 3.05) is 26.7 Å². The van der Waals surface area contributed by atoms with Crippen molar-refractivity contribution in [1.82, 2.24) is 20.5 Å². The van der Waals surface area contributed by atoms with Crippen molar-refractivity contribution in [1.29, 1.82) is 0 Å². The van der Waals surface area contributed by atoms with Crippen molar-refractivity contribution < 1.29 is 14.7 Å². The van der Waals surface area contributed by atoms with E-state index in [-0.39, 0.29) is 18.9 Å². The normalized spacial score (nSPS) is 17.6. The number of pyridine rings is 1. The van der Waals surface area contributed by atoms with Crippen LogP contribution < -0.4 is 10.6 Å². The molecule has 1 aliphatic rings. The van der Waals surface area contributed by atoms with Crippen molar-refractivity contribution in [3.05, 3.63) is 29.6 Å². The van der Waals surface area contributed by atoms with Gasteiger partial charge in [-0.15, -0.1) is 0 Å². The maximum Gasteiger partial charge on any atom is 0.404 e. The predicted molar refractivity (Wildman–Crippen MR) is 90.8 cm³/mol. The molecular weight excluding hydrogens is 308 g/mol. The van der Waals surface area contributed by atoms with E-state index in [0.29, 0.717) is 12.6 Å². The lowest BCUT2D eigenvalue weighted by molar-refractivity contribution is -0.120. The van der Waals surface area contributed by atoms with Gasteiger partial charge in [-0.05, 0) is 50.4 Å². The minimum atomic E-state index is -1.11. The van der Waals surface area contributed by atoms with Gasteiger partial charge in [-0.2, -0.15) is 0 Å². The van der Waals surface area contributed by atoms with E-state index in [1.165, 1.54) is 24.0 Å². The minimum absolute atomic E-state index is 0.136. The van der Waals surface area contributed by atoms with Crippen LogP contribution in [0.3, 0.4) is 0 Å². The molecule has 3 N–H and O–H groups in total. The van der Waals surface area contributed by atoms with Crippen LogP contribution in [-0.4, -0.2) is 53.7 Å². The van der Waals surface area contributed by atoms with Gasteiger partial charge in [0.15, 0.2) is 0 Å². The molecule has 1 saturated heterocycles. The van der Waals surface area contributed by atoms with Gasteiger partial charge in [0.1, 0.15) is 0 Å². The first-order valence-electron chi connectivity index (χ1n) is 8.44. The lowest BCUT2D eigenvalue weighted by atomic mass is 10.0. The highest BCUT2D eigenvalue weighted by Gasteiger charge is 2.22. The maximum atomic E-state index is 11.5. The van der Waals surface area contributed by atoms with Crippen molar-refractivity contribution >= 4 is 12.0 Å². The van der Waals surface area contributed by atoms with Crippen LogP contribution in [0, 0.1) is 0 Å². The third-order valence-corrected chi connectivity index (χ3v) is 4.31. The van der Waals surface area contributed by atoms with Crippen LogP contribution in [0.2, 0.25) is 0 Å². The molecule has 0 radical (unpaired) electrons. The second kappa shape index (κ2) is 9.22. The molecule has 2 heterocycles. The molecule has 1 aliphatic heterocycles. The molecule has 0 aromatic carbocycles. The summed E-state index contributed by atoms with van der Waals surface area (Å²) in [5, 5.41) is 13.4. The second-order valence-corrected chi connectivity index (χ2v) is 6.20. The van der Waals surface area contributed by atoms with Gasteiger partial charge in [-0.1, -0.05) is 6.07 Å².